The molecule has 2 N–H and O–H groups in total. The molecule has 0 atom stereocenters. The number of aliphatic hydroxyl groups is 1. The minimum Gasteiger partial charge on any atom is -0.393 e. The highest BCUT2D eigenvalue weighted by Crippen LogP contribution is 2.31. The molecule has 138 valence electrons. The van der Waals surface area contributed by atoms with Gasteiger partial charge >= 0.3 is 0 Å². The summed E-state index contributed by atoms with van der Waals surface area (Å²) in [6, 6.07) is 10.1. The van der Waals surface area contributed by atoms with Gasteiger partial charge in [0.1, 0.15) is 22.5 Å². The molecule has 3 aromatic rings. The second kappa shape index (κ2) is 7.51. The molecule has 0 bridgehead atoms. The van der Waals surface area contributed by atoms with E-state index in [1.807, 2.05) is 36.6 Å². The van der Waals surface area contributed by atoms with Crippen molar-refractivity contribution in [3.63, 3.8) is 0 Å². The molecular weight excluding hydrogens is 358 g/mol. The molecular formula is C20H21N5OS. The molecule has 3 heterocycles. The number of hydrogen-bond donors (Lipinski definition) is 2. The Bertz CT molecular complexity index is 1000. The SMILES string of the molecule is CCc1nc(Nc2ccc(N3CCC(O)CC3)c(C#N)c2)c2ccsc2n1. The smallest absolute Gasteiger partial charge is 0.142 e. The number of piperidine rings is 1. The van der Waals surface area contributed by atoms with Crippen molar-refractivity contribution in [3.8, 4) is 6.07 Å². The lowest BCUT2D eigenvalue weighted by Gasteiger charge is -2.32. The molecule has 1 aliphatic rings. The summed E-state index contributed by atoms with van der Waals surface area (Å²) in [5.41, 5.74) is 2.39. The Hall–Kier alpha value is -2.69. The average Bonchev–Trinajstić information content (AvgIpc) is 3.17. The van der Waals surface area contributed by atoms with Gasteiger partial charge in [-0.3, -0.25) is 0 Å². The van der Waals surface area contributed by atoms with Crippen molar-refractivity contribution in [1.29, 1.82) is 5.26 Å². The number of aliphatic hydroxyl groups excluding tert-OH is 1. The van der Waals surface area contributed by atoms with E-state index >= 15 is 0 Å². The maximum absolute atomic E-state index is 9.71. The number of rotatable bonds is 4. The summed E-state index contributed by atoms with van der Waals surface area (Å²) in [4.78, 5) is 12.3. The monoisotopic (exact) mass is 379 g/mol. The van der Waals surface area contributed by atoms with E-state index in [4.69, 9.17) is 0 Å². The van der Waals surface area contributed by atoms with Crippen molar-refractivity contribution in [2.24, 2.45) is 0 Å². The van der Waals surface area contributed by atoms with Crippen LogP contribution in [0, 0.1) is 11.3 Å². The fourth-order valence-electron chi connectivity index (χ4n) is 3.38. The maximum atomic E-state index is 9.71. The number of fused-ring (bicyclic) bond motifs is 1. The van der Waals surface area contributed by atoms with Crippen LogP contribution >= 0.6 is 11.3 Å². The Morgan fingerprint density at radius 3 is 2.85 bits per heavy atom. The van der Waals surface area contributed by atoms with Crippen molar-refractivity contribution >= 4 is 38.7 Å². The molecule has 6 nitrogen and oxygen atoms in total. The zero-order chi connectivity index (χ0) is 18.8. The van der Waals surface area contributed by atoms with Crippen LogP contribution in [-0.4, -0.2) is 34.3 Å². The van der Waals surface area contributed by atoms with Crippen molar-refractivity contribution in [2.75, 3.05) is 23.3 Å². The number of nitrogens with one attached hydrogen (secondary N) is 1. The van der Waals surface area contributed by atoms with Crippen LogP contribution < -0.4 is 10.2 Å². The normalized spacial score (nSPS) is 15.1. The molecule has 1 saturated heterocycles. The summed E-state index contributed by atoms with van der Waals surface area (Å²) < 4.78 is 0. The van der Waals surface area contributed by atoms with E-state index in [0.29, 0.717) is 5.56 Å². The Kier molecular flexibility index (Phi) is 4.92. The molecule has 1 aliphatic heterocycles. The van der Waals surface area contributed by atoms with E-state index in [1.165, 1.54) is 0 Å². The lowest BCUT2D eigenvalue weighted by Crippen LogP contribution is -2.36. The molecule has 0 spiro atoms. The standard InChI is InChI=1S/C20H21N5OS/c1-2-18-23-19(16-7-10-27-20(16)24-18)22-14-3-4-17(13(11-14)12-21)25-8-5-15(26)6-9-25/h3-4,7,10-11,15,26H,2,5-6,8-9H2,1H3,(H,22,23,24). The zero-order valence-electron chi connectivity index (χ0n) is 15.1. The third kappa shape index (κ3) is 3.59. The summed E-state index contributed by atoms with van der Waals surface area (Å²) in [5, 5.41) is 25.7. The number of aryl methyl sites for hydroxylation is 1. The molecule has 0 aliphatic carbocycles. The molecule has 0 radical (unpaired) electrons. The van der Waals surface area contributed by atoms with Crippen LogP contribution in [0.4, 0.5) is 17.2 Å². The summed E-state index contributed by atoms with van der Waals surface area (Å²) in [5.74, 6) is 1.58. The van der Waals surface area contributed by atoms with Gasteiger partial charge in [0.25, 0.3) is 0 Å². The maximum Gasteiger partial charge on any atom is 0.142 e. The first kappa shape index (κ1) is 17.7. The molecule has 2 aromatic heterocycles. The van der Waals surface area contributed by atoms with Crippen molar-refractivity contribution in [1.82, 2.24) is 9.97 Å². The highest BCUT2D eigenvalue weighted by Gasteiger charge is 2.20. The average molecular weight is 379 g/mol. The van der Waals surface area contributed by atoms with Gasteiger partial charge in [-0.25, -0.2) is 9.97 Å². The molecule has 27 heavy (non-hydrogen) atoms. The summed E-state index contributed by atoms with van der Waals surface area (Å²) in [7, 11) is 0. The summed E-state index contributed by atoms with van der Waals surface area (Å²) >= 11 is 1.60. The van der Waals surface area contributed by atoms with Gasteiger partial charge in [-0.1, -0.05) is 6.92 Å². The second-order valence-electron chi connectivity index (χ2n) is 6.67. The first-order valence-corrected chi connectivity index (χ1v) is 10.0. The van der Waals surface area contributed by atoms with E-state index in [2.05, 4.69) is 26.3 Å². The number of benzene rings is 1. The van der Waals surface area contributed by atoms with E-state index < -0.39 is 0 Å². The topological polar surface area (TPSA) is 85.1 Å². The highest BCUT2D eigenvalue weighted by atomic mass is 32.1. The van der Waals surface area contributed by atoms with Crippen LogP contribution in [0.5, 0.6) is 0 Å². The van der Waals surface area contributed by atoms with Crippen molar-refractivity contribution in [2.45, 2.75) is 32.3 Å². The highest BCUT2D eigenvalue weighted by molar-refractivity contribution is 7.16. The lowest BCUT2D eigenvalue weighted by atomic mass is 10.0. The molecule has 0 unspecified atom stereocenters. The van der Waals surface area contributed by atoms with Gasteiger partial charge in [-0.15, -0.1) is 11.3 Å². The van der Waals surface area contributed by atoms with E-state index in [1.54, 1.807) is 11.3 Å². The van der Waals surface area contributed by atoms with Gasteiger partial charge < -0.3 is 15.3 Å². The largest absolute Gasteiger partial charge is 0.393 e. The minimum atomic E-state index is -0.230. The number of aromatic nitrogens is 2. The lowest BCUT2D eigenvalue weighted by molar-refractivity contribution is 0.145. The van der Waals surface area contributed by atoms with E-state index in [9.17, 15) is 10.4 Å². The summed E-state index contributed by atoms with van der Waals surface area (Å²) in [6.07, 6.45) is 2.01. The van der Waals surface area contributed by atoms with Crippen molar-refractivity contribution in [3.05, 3.63) is 41.0 Å². The molecule has 0 amide bonds. The van der Waals surface area contributed by atoms with Gasteiger partial charge in [-0.2, -0.15) is 5.26 Å². The van der Waals surface area contributed by atoms with Crippen LogP contribution in [0.1, 0.15) is 31.2 Å². The van der Waals surface area contributed by atoms with Crippen LogP contribution in [0.3, 0.4) is 0 Å². The number of thiophene rings is 1. The van der Waals surface area contributed by atoms with E-state index in [-0.39, 0.29) is 6.10 Å². The quantitative estimate of drug-likeness (QED) is 0.717. The van der Waals surface area contributed by atoms with Crippen LogP contribution in [-0.2, 0) is 6.42 Å². The Morgan fingerprint density at radius 1 is 1.30 bits per heavy atom. The third-order valence-electron chi connectivity index (χ3n) is 4.87. The van der Waals surface area contributed by atoms with Crippen LogP contribution in [0.2, 0.25) is 0 Å². The Morgan fingerprint density at radius 2 is 2.11 bits per heavy atom. The fraction of sp³-hybridized carbons (Fsp3) is 0.350. The number of nitriles is 1. The Labute approximate surface area is 162 Å². The second-order valence-corrected chi connectivity index (χ2v) is 7.56. The predicted octanol–water partition coefficient (Wildman–Crippen LogP) is 3.83. The van der Waals surface area contributed by atoms with Gasteiger partial charge in [0.15, 0.2) is 0 Å². The molecule has 7 heteroatoms. The van der Waals surface area contributed by atoms with Gasteiger partial charge in [0.2, 0.25) is 0 Å². The molecule has 1 fully saturated rings. The van der Waals surface area contributed by atoms with E-state index in [0.717, 1.165) is 65.6 Å². The zero-order valence-corrected chi connectivity index (χ0v) is 16.0. The van der Waals surface area contributed by atoms with Crippen LogP contribution in [0.25, 0.3) is 10.2 Å². The Balaban J connectivity index is 1.64. The molecule has 0 saturated carbocycles. The number of nitrogens with zero attached hydrogens (tertiary/aromatic N) is 4. The van der Waals surface area contributed by atoms with Crippen molar-refractivity contribution < 1.29 is 5.11 Å². The first-order valence-electron chi connectivity index (χ1n) is 9.16. The van der Waals surface area contributed by atoms with Crippen LogP contribution in [0.15, 0.2) is 29.6 Å². The molecule has 1 aromatic carbocycles. The number of hydrogen-bond acceptors (Lipinski definition) is 7. The van der Waals surface area contributed by atoms with Gasteiger partial charge in [-0.05, 0) is 42.5 Å². The third-order valence-corrected chi connectivity index (χ3v) is 5.68. The first-order chi connectivity index (χ1) is 13.2. The minimum absolute atomic E-state index is 0.230. The molecule has 4 rings (SSSR count). The van der Waals surface area contributed by atoms with Gasteiger partial charge in [0, 0.05) is 25.2 Å². The van der Waals surface area contributed by atoms with Gasteiger partial charge in [0.05, 0.1) is 22.7 Å². The predicted molar refractivity (Wildman–Crippen MR) is 109 cm³/mol. The number of anilines is 3. The summed E-state index contributed by atoms with van der Waals surface area (Å²) in [6.45, 7) is 3.57. The fourth-order valence-corrected chi connectivity index (χ4v) is 4.16.